The molecule has 0 spiro atoms. The van der Waals surface area contributed by atoms with Crippen LogP contribution < -0.4 is 20.1 Å². The van der Waals surface area contributed by atoms with Crippen molar-refractivity contribution >= 4 is 23.6 Å². The molecule has 0 aliphatic carbocycles. The van der Waals surface area contributed by atoms with Gasteiger partial charge in [0.1, 0.15) is 5.60 Å². The van der Waals surface area contributed by atoms with Crippen molar-refractivity contribution in [1.82, 2.24) is 15.1 Å². The summed E-state index contributed by atoms with van der Waals surface area (Å²) in [7, 11) is 0. The Morgan fingerprint density at radius 1 is 1.21 bits per heavy atom. The lowest BCUT2D eigenvalue weighted by molar-refractivity contribution is 0.0224. The van der Waals surface area contributed by atoms with Crippen LogP contribution in [0.2, 0.25) is 0 Å². The van der Waals surface area contributed by atoms with Gasteiger partial charge in [-0.3, -0.25) is 10.4 Å². The molecule has 1 aromatic heterocycles. The summed E-state index contributed by atoms with van der Waals surface area (Å²) >= 11 is 0. The molecule has 0 atom stereocenters. The Morgan fingerprint density at radius 2 is 2.00 bits per heavy atom. The highest BCUT2D eigenvalue weighted by atomic mass is 16.7. The maximum atomic E-state index is 12.4. The standard InChI is InChI=1S/C19H23N5O5/c1-19(2,3)29-18(26)24-7-6-13-12(9-24)16(23-22-13)21-17(25)20-11-4-5-14-15(8-11)28-10-27-14/h4-5,8H,6-7,9-10H2,1-3H3,(H3,20,21,22,23,25). The van der Waals surface area contributed by atoms with Crippen molar-refractivity contribution in [1.29, 1.82) is 0 Å². The molecule has 0 unspecified atom stereocenters. The summed E-state index contributed by atoms with van der Waals surface area (Å²) in [5.74, 6) is 1.60. The van der Waals surface area contributed by atoms with Gasteiger partial charge in [0, 0.05) is 36.0 Å². The van der Waals surface area contributed by atoms with Crippen molar-refractivity contribution in [2.75, 3.05) is 24.0 Å². The highest BCUT2D eigenvalue weighted by Gasteiger charge is 2.29. The summed E-state index contributed by atoms with van der Waals surface area (Å²) in [6, 6.07) is 4.68. The molecule has 0 saturated heterocycles. The van der Waals surface area contributed by atoms with Crippen molar-refractivity contribution in [3.05, 3.63) is 29.5 Å². The first-order valence-electron chi connectivity index (χ1n) is 9.30. The molecule has 10 nitrogen and oxygen atoms in total. The second-order valence-corrected chi connectivity index (χ2v) is 7.83. The Morgan fingerprint density at radius 3 is 2.79 bits per heavy atom. The molecule has 4 rings (SSSR count). The molecular formula is C19H23N5O5. The average Bonchev–Trinajstić information content (AvgIpc) is 3.26. The topological polar surface area (TPSA) is 118 Å². The Bertz CT molecular complexity index is 949. The molecule has 3 N–H and O–H groups in total. The number of ether oxygens (including phenoxy) is 3. The molecule has 10 heteroatoms. The first-order chi connectivity index (χ1) is 13.8. The molecular weight excluding hydrogens is 378 g/mol. The minimum Gasteiger partial charge on any atom is -0.454 e. The first-order valence-corrected chi connectivity index (χ1v) is 9.30. The third-order valence-corrected chi connectivity index (χ3v) is 4.45. The van der Waals surface area contributed by atoms with E-state index in [0.29, 0.717) is 42.5 Å². The van der Waals surface area contributed by atoms with Gasteiger partial charge < -0.3 is 24.4 Å². The van der Waals surface area contributed by atoms with Crippen LogP contribution in [0.1, 0.15) is 32.0 Å². The van der Waals surface area contributed by atoms with Gasteiger partial charge in [-0.2, -0.15) is 5.10 Å². The van der Waals surface area contributed by atoms with E-state index in [1.54, 1.807) is 23.1 Å². The first kappa shape index (κ1) is 18.9. The quantitative estimate of drug-likeness (QED) is 0.712. The van der Waals surface area contributed by atoms with Crippen LogP contribution in [0.4, 0.5) is 21.1 Å². The van der Waals surface area contributed by atoms with Gasteiger partial charge in [0.2, 0.25) is 6.79 Å². The van der Waals surface area contributed by atoms with E-state index in [0.717, 1.165) is 11.3 Å². The van der Waals surface area contributed by atoms with Gasteiger partial charge >= 0.3 is 12.1 Å². The number of anilines is 2. The Balaban J connectivity index is 1.41. The zero-order chi connectivity index (χ0) is 20.6. The number of fused-ring (bicyclic) bond motifs is 2. The number of amides is 3. The van der Waals surface area contributed by atoms with Crippen LogP contribution in [0.25, 0.3) is 0 Å². The highest BCUT2D eigenvalue weighted by Crippen LogP contribution is 2.34. The number of aromatic nitrogens is 2. The van der Waals surface area contributed by atoms with Crippen molar-refractivity contribution in [3.8, 4) is 11.5 Å². The summed E-state index contributed by atoms with van der Waals surface area (Å²) in [6.07, 6.45) is 0.215. The van der Waals surface area contributed by atoms with Crippen LogP contribution in [0.5, 0.6) is 11.5 Å². The molecule has 3 heterocycles. The van der Waals surface area contributed by atoms with E-state index in [9.17, 15) is 9.59 Å². The second-order valence-electron chi connectivity index (χ2n) is 7.83. The summed E-state index contributed by atoms with van der Waals surface area (Å²) < 4.78 is 16.0. The predicted octanol–water partition coefficient (Wildman–Crippen LogP) is 3.08. The fourth-order valence-corrected chi connectivity index (χ4v) is 3.12. The van der Waals surface area contributed by atoms with Crippen molar-refractivity contribution in [2.24, 2.45) is 0 Å². The van der Waals surface area contributed by atoms with Gasteiger partial charge in [-0.25, -0.2) is 9.59 Å². The number of H-pyrrole nitrogens is 1. The zero-order valence-corrected chi connectivity index (χ0v) is 16.5. The minimum atomic E-state index is -0.570. The molecule has 2 aliphatic rings. The number of urea groups is 1. The van der Waals surface area contributed by atoms with E-state index in [1.807, 2.05) is 20.8 Å². The highest BCUT2D eigenvalue weighted by molar-refractivity contribution is 5.99. The Labute approximate surface area is 167 Å². The van der Waals surface area contributed by atoms with E-state index in [-0.39, 0.29) is 12.9 Å². The number of rotatable bonds is 2. The minimum absolute atomic E-state index is 0.165. The number of aromatic amines is 1. The lowest BCUT2D eigenvalue weighted by Crippen LogP contribution is -2.40. The normalized spacial score (nSPS) is 14.9. The lowest BCUT2D eigenvalue weighted by Gasteiger charge is -2.30. The maximum absolute atomic E-state index is 12.4. The Kier molecular flexibility index (Phi) is 4.69. The monoisotopic (exact) mass is 401 g/mol. The van der Waals surface area contributed by atoms with Crippen LogP contribution in [-0.4, -0.2) is 46.2 Å². The van der Waals surface area contributed by atoms with Crippen LogP contribution in [-0.2, 0) is 17.7 Å². The molecule has 3 amide bonds. The van der Waals surface area contributed by atoms with Gasteiger partial charge in [-0.1, -0.05) is 0 Å². The van der Waals surface area contributed by atoms with Crippen LogP contribution >= 0.6 is 0 Å². The molecule has 2 aromatic rings. The summed E-state index contributed by atoms with van der Waals surface area (Å²) in [4.78, 5) is 26.4. The number of nitrogens with zero attached hydrogens (tertiary/aromatic N) is 2. The predicted molar refractivity (Wildman–Crippen MR) is 104 cm³/mol. The third kappa shape index (κ3) is 4.20. The smallest absolute Gasteiger partial charge is 0.410 e. The summed E-state index contributed by atoms with van der Waals surface area (Å²) in [6.45, 7) is 6.47. The molecule has 29 heavy (non-hydrogen) atoms. The van der Waals surface area contributed by atoms with Gasteiger partial charge in [0.05, 0.1) is 6.54 Å². The van der Waals surface area contributed by atoms with E-state index in [4.69, 9.17) is 14.2 Å². The zero-order valence-electron chi connectivity index (χ0n) is 16.5. The Hall–Kier alpha value is -3.43. The van der Waals surface area contributed by atoms with Gasteiger partial charge in [0.15, 0.2) is 17.3 Å². The van der Waals surface area contributed by atoms with Crippen molar-refractivity contribution < 1.29 is 23.8 Å². The van der Waals surface area contributed by atoms with Gasteiger partial charge in [-0.15, -0.1) is 0 Å². The van der Waals surface area contributed by atoms with E-state index < -0.39 is 11.6 Å². The SMILES string of the molecule is CC(C)(C)OC(=O)N1CCc2[nH]nc(NC(=O)Nc3ccc4c(c3)OCO4)c2C1. The molecule has 0 saturated carbocycles. The summed E-state index contributed by atoms with van der Waals surface area (Å²) in [5.41, 5.74) is 1.65. The molecule has 1 aromatic carbocycles. The molecule has 2 aliphatic heterocycles. The van der Waals surface area contributed by atoms with E-state index >= 15 is 0 Å². The van der Waals surface area contributed by atoms with Crippen molar-refractivity contribution in [2.45, 2.75) is 39.3 Å². The van der Waals surface area contributed by atoms with Gasteiger partial charge in [0.25, 0.3) is 0 Å². The molecule has 154 valence electrons. The average molecular weight is 401 g/mol. The number of carbonyl (C=O) groups is 2. The number of hydrogen-bond donors (Lipinski definition) is 3. The third-order valence-electron chi connectivity index (χ3n) is 4.45. The molecule has 0 fully saturated rings. The maximum Gasteiger partial charge on any atom is 0.410 e. The number of hydrogen-bond acceptors (Lipinski definition) is 6. The fourth-order valence-electron chi connectivity index (χ4n) is 3.12. The molecule has 0 radical (unpaired) electrons. The van der Waals surface area contributed by atoms with E-state index in [1.165, 1.54) is 0 Å². The lowest BCUT2D eigenvalue weighted by atomic mass is 10.1. The largest absolute Gasteiger partial charge is 0.454 e. The summed E-state index contributed by atoms with van der Waals surface area (Å²) in [5, 5.41) is 12.6. The number of nitrogens with one attached hydrogen (secondary N) is 3. The van der Waals surface area contributed by atoms with Crippen LogP contribution in [0.15, 0.2) is 18.2 Å². The number of carbonyl (C=O) groups excluding carboxylic acids is 2. The fraction of sp³-hybridized carbons (Fsp3) is 0.421. The van der Waals surface area contributed by atoms with Gasteiger partial charge in [-0.05, 0) is 32.9 Å². The molecule has 0 bridgehead atoms. The second kappa shape index (κ2) is 7.19. The van der Waals surface area contributed by atoms with Crippen LogP contribution in [0.3, 0.4) is 0 Å². The number of benzene rings is 1. The van der Waals surface area contributed by atoms with E-state index in [2.05, 4.69) is 20.8 Å². The van der Waals surface area contributed by atoms with Crippen molar-refractivity contribution in [3.63, 3.8) is 0 Å². The van der Waals surface area contributed by atoms with Crippen LogP contribution in [0, 0.1) is 0 Å².